The quantitative estimate of drug-likeness (QED) is 0.745. The third-order valence-corrected chi connectivity index (χ3v) is 2.43. The molecule has 88 valence electrons. The van der Waals surface area contributed by atoms with Crippen molar-refractivity contribution in [2.45, 2.75) is 19.4 Å². The van der Waals surface area contributed by atoms with Crippen LogP contribution in [-0.4, -0.2) is 17.1 Å². The van der Waals surface area contributed by atoms with Crippen molar-refractivity contribution in [1.29, 1.82) is 0 Å². The summed E-state index contributed by atoms with van der Waals surface area (Å²) in [5, 5.41) is 11.4. The zero-order valence-electron chi connectivity index (χ0n) is 8.63. The summed E-state index contributed by atoms with van der Waals surface area (Å²) < 4.78 is 13.8. The number of hydrogen-bond acceptors (Lipinski definition) is 3. The Morgan fingerprint density at radius 3 is 2.88 bits per heavy atom. The molecule has 0 amide bonds. The molecule has 16 heavy (non-hydrogen) atoms. The highest BCUT2D eigenvalue weighted by Gasteiger charge is 2.11. The minimum Gasteiger partial charge on any atom is -0.481 e. The smallest absolute Gasteiger partial charge is 0.305 e. The van der Waals surface area contributed by atoms with Gasteiger partial charge in [0.1, 0.15) is 5.82 Å². The molecule has 6 heteroatoms. The number of nitrogens with two attached hydrogens (primary N) is 1. The first-order chi connectivity index (χ1) is 7.40. The van der Waals surface area contributed by atoms with Crippen LogP contribution < -0.4 is 11.1 Å². The minimum atomic E-state index is -0.922. The highest BCUT2D eigenvalue weighted by atomic mass is 79.9. The number of halogens is 2. The van der Waals surface area contributed by atoms with E-state index in [0.717, 1.165) is 0 Å². The van der Waals surface area contributed by atoms with Crippen LogP contribution in [0.25, 0.3) is 0 Å². The van der Waals surface area contributed by atoms with Gasteiger partial charge in [0.25, 0.3) is 0 Å². The Kier molecular flexibility index (Phi) is 4.12. The van der Waals surface area contributed by atoms with Gasteiger partial charge >= 0.3 is 5.97 Å². The van der Waals surface area contributed by atoms with E-state index >= 15 is 0 Å². The molecule has 0 saturated heterocycles. The molecule has 0 aliphatic carbocycles. The first kappa shape index (κ1) is 12.8. The predicted octanol–water partition coefficient (Wildman–Crippen LogP) is 2.45. The van der Waals surface area contributed by atoms with Crippen LogP contribution >= 0.6 is 15.9 Å². The number of nitrogens with one attached hydrogen (secondary N) is 1. The SMILES string of the molecule is C[C@H](CC(=O)O)Nc1cc(Br)cc(F)c1N. The first-order valence-electron chi connectivity index (χ1n) is 4.63. The molecule has 1 rings (SSSR count). The van der Waals surface area contributed by atoms with Gasteiger partial charge in [0.2, 0.25) is 0 Å². The van der Waals surface area contributed by atoms with Crippen LogP contribution in [-0.2, 0) is 4.79 Å². The molecule has 1 aromatic carbocycles. The van der Waals surface area contributed by atoms with Crippen molar-refractivity contribution in [3.8, 4) is 0 Å². The molecular weight excluding hydrogens is 279 g/mol. The van der Waals surface area contributed by atoms with Gasteiger partial charge in [-0.2, -0.15) is 0 Å². The second-order valence-electron chi connectivity index (χ2n) is 3.49. The second kappa shape index (κ2) is 5.16. The molecule has 4 nitrogen and oxygen atoms in total. The van der Waals surface area contributed by atoms with Gasteiger partial charge < -0.3 is 16.2 Å². The third-order valence-electron chi connectivity index (χ3n) is 1.98. The Labute approximate surface area is 101 Å². The standard InChI is InChI=1S/C10H12BrFN2O2/c1-5(2-9(15)16)14-8-4-6(11)3-7(12)10(8)13/h3-5,14H,2,13H2,1H3,(H,15,16)/t5-/m1/s1. The summed E-state index contributed by atoms with van der Waals surface area (Å²) in [6.45, 7) is 1.69. The summed E-state index contributed by atoms with van der Waals surface area (Å²) in [5.41, 5.74) is 5.90. The maximum Gasteiger partial charge on any atom is 0.305 e. The minimum absolute atomic E-state index is 0.0135. The molecule has 1 aromatic rings. The maximum atomic E-state index is 13.2. The zero-order chi connectivity index (χ0) is 12.3. The van der Waals surface area contributed by atoms with E-state index in [-0.39, 0.29) is 18.2 Å². The van der Waals surface area contributed by atoms with Gasteiger partial charge in [-0.1, -0.05) is 15.9 Å². The van der Waals surface area contributed by atoms with E-state index in [2.05, 4.69) is 21.2 Å². The summed E-state index contributed by atoms with van der Waals surface area (Å²) in [4.78, 5) is 10.5. The first-order valence-corrected chi connectivity index (χ1v) is 5.42. The van der Waals surface area contributed by atoms with Crippen molar-refractivity contribution in [1.82, 2.24) is 0 Å². The molecule has 0 saturated carbocycles. The van der Waals surface area contributed by atoms with Gasteiger partial charge in [-0.15, -0.1) is 0 Å². The lowest BCUT2D eigenvalue weighted by Crippen LogP contribution is -2.20. The number of anilines is 2. The third kappa shape index (κ3) is 3.37. The normalized spacial score (nSPS) is 12.2. The highest BCUT2D eigenvalue weighted by Crippen LogP contribution is 2.27. The molecule has 0 bridgehead atoms. The molecular formula is C10H12BrFN2O2. The lowest BCUT2D eigenvalue weighted by molar-refractivity contribution is -0.137. The monoisotopic (exact) mass is 290 g/mol. The average Bonchev–Trinajstić information content (AvgIpc) is 2.11. The van der Waals surface area contributed by atoms with E-state index in [4.69, 9.17) is 10.8 Å². The Morgan fingerprint density at radius 2 is 2.31 bits per heavy atom. The Hall–Kier alpha value is -1.30. The second-order valence-corrected chi connectivity index (χ2v) is 4.41. The molecule has 0 heterocycles. The molecule has 0 aliphatic rings. The fourth-order valence-corrected chi connectivity index (χ4v) is 1.71. The van der Waals surface area contributed by atoms with Crippen LogP contribution in [0.5, 0.6) is 0 Å². The van der Waals surface area contributed by atoms with Gasteiger partial charge in [0.05, 0.1) is 17.8 Å². The number of carbonyl (C=O) groups is 1. The average molecular weight is 291 g/mol. The van der Waals surface area contributed by atoms with Crippen LogP contribution in [0, 0.1) is 5.82 Å². The summed E-state index contributed by atoms with van der Waals surface area (Å²) in [7, 11) is 0. The molecule has 1 atom stereocenters. The predicted molar refractivity (Wildman–Crippen MR) is 63.8 cm³/mol. The Balaban J connectivity index is 2.84. The van der Waals surface area contributed by atoms with Crippen LogP contribution in [0.2, 0.25) is 0 Å². The lowest BCUT2D eigenvalue weighted by atomic mass is 10.2. The van der Waals surface area contributed by atoms with Crippen molar-refractivity contribution in [2.24, 2.45) is 0 Å². The van der Waals surface area contributed by atoms with Crippen molar-refractivity contribution in [3.63, 3.8) is 0 Å². The number of nitrogen functional groups attached to an aromatic ring is 1. The van der Waals surface area contributed by atoms with Gasteiger partial charge in [-0.3, -0.25) is 4.79 Å². The number of aliphatic carboxylic acids is 1. The van der Waals surface area contributed by atoms with Crippen LogP contribution in [0.3, 0.4) is 0 Å². The molecule has 0 unspecified atom stereocenters. The van der Waals surface area contributed by atoms with Crippen molar-refractivity contribution in [3.05, 3.63) is 22.4 Å². The Bertz CT molecular complexity index is 412. The zero-order valence-corrected chi connectivity index (χ0v) is 10.2. The van der Waals surface area contributed by atoms with Crippen molar-refractivity contribution < 1.29 is 14.3 Å². The molecule has 0 spiro atoms. The van der Waals surface area contributed by atoms with E-state index in [0.29, 0.717) is 10.2 Å². The fourth-order valence-electron chi connectivity index (χ4n) is 1.28. The van der Waals surface area contributed by atoms with E-state index < -0.39 is 11.8 Å². The van der Waals surface area contributed by atoms with E-state index in [1.54, 1.807) is 13.0 Å². The van der Waals surface area contributed by atoms with Gasteiger partial charge in [0.15, 0.2) is 0 Å². The fraction of sp³-hybridized carbons (Fsp3) is 0.300. The van der Waals surface area contributed by atoms with Crippen molar-refractivity contribution in [2.75, 3.05) is 11.1 Å². The maximum absolute atomic E-state index is 13.2. The molecule has 4 N–H and O–H groups in total. The van der Waals surface area contributed by atoms with Gasteiger partial charge in [0, 0.05) is 10.5 Å². The number of hydrogen-bond donors (Lipinski definition) is 3. The largest absolute Gasteiger partial charge is 0.481 e. The molecule has 0 fully saturated rings. The molecule has 0 aromatic heterocycles. The number of carboxylic acid groups (broad SMARTS) is 1. The lowest BCUT2D eigenvalue weighted by Gasteiger charge is -2.15. The van der Waals surface area contributed by atoms with E-state index in [1.807, 2.05) is 0 Å². The number of benzene rings is 1. The summed E-state index contributed by atoms with van der Waals surface area (Å²) >= 11 is 3.14. The van der Waals surface area contributed by atoms with Gasteiger partial charge in [-0.25, -0.2) is 4.39 Å². The van der Waals surface area contributed by atoms with Gasteiger partial charge in [-0.05, 0) is 19.1 Å². The molecule has 0 aliphatic heterocycles. The summed E-state index contributed by atoms with van der Waals surface area (Å²) in [5.74, 6) is -1.46. The summed E-state index contributed by atoms with van der Waals surface area (Å²) in [6.07, 6.45) is -0.0619. The van der Waals surface area contributed by atoms with E-state index in [1.165, 1.54) is 6.07 Å². The topological polar surface area (TPSA) is 75.3 Å². The highest BCUT2D eigenvalue weighted by molar-refractivity contribution is 9.10. The van der Waals surface area contributed by atoms with Crippen molar-refractivity contribution >= 4 is 33.3 Å². The van der Waals surface area contributed by atoms with Crippen LogP contribution in [0.1, 0.15) is 13.3 Å². The van der Waals surface area contributed by atoms with Crippen LogP contribution in [0.15, 0.2) is 16.6 Å². The number of rotatable bonds is 4. The van der Waals surface area contributed by atoms with Crippen LogP contribution in [0.4, 0.5) is 15.8 Å². The summed E-state index contributed by atoms with van der Waals surface area (Å²) in [6, 6.07) is 2.53. The molecule has 0 radical (unpaired) electrons. The van der Waals surface area contributed by atoms with E-state index in [9.17, 15) is 9.18 Å². The number of carboxylic acids is 1. The Morgan fingerprint density at radius 1 is 1.69 bits per heavy atom.